The number of likely N-dealkylation sites (N-methyl/N-ethyl adjacent to an activating group) is 1. The van der Waals surface area contributed by atoms with Crippen molar-refractivity contribution in [3.63, 3.8) is 0 Å². The van der Waals surface area contributed by atoms with Crippen LogP contribution in [0.5, 0.6) is 0 Å². The third-order valence-electron chi connectivity index (χ3n) is 7.00. The fourth-order valence-electron chi connectivity index (χ4n) is 4.93. The monoisotopic (exact) mass is 378 g/mol. The standard InChI is InChI=1S/C21H38N4O2/c1-22-16-10-21(11-17-22)18-25(15-7-12-23(21)2)20(27)9-8-19(26)24-13-5-3-4-6-14-24/h3-18H2,1-2H3. The average Bonchev–Trinajstić information content (AvgIpc) is 3.03. The van der Waals surface area contributed by atoms with E-state index in [1.807, 2.05) is 4.90 Å². The summed E-state index contributed by atoms with van der Waals surface area (Å²) in [6.45, 7) is 6.66. The molecule has 0 radical (unpaired) electrons. The second kappa shape index (κ2) is 9.37. The fourth-order valence-corrected chi connectivity index (χ4v) is 4.93. The second-order valence-electron chi connectivity index (χ2n) is 8.91. The fraction of sp³-hybridized carbons (Fsp3) is 0.905. The van der Waals surface area contributed by atoms with E-state index in [0.717, 1.165) is 77.9 Å². The van der Waals surface area contributed by atoms with Crippen molar-refractivity contribution < 1.29 is 9.59 Å². The minimum Gasteiger partial charge on any atom is -0.343 e. The van der Waals surface area contributed by atoms with Crippen LogP contribution in [0.15, 0.2) is 0 Å². The van der Waals surface area contributed by atoms with E-state index in [-0.39, 0.29) is 17.4 Å². The van der Waals surface area contributed by atoms with Gasteiger partial charge in [-0.05, 0) is 59.3 Å². The van der Waals surface area contributed by atoms with Gasteiger partial charge in [-0.3, -0.25) is 14.5 Å². The minimum absolute atomic E-state index is 0.119. The predicted octanol–water partition coefficient (Wildman–Crippen LogP) is 1.80. The molecule has 3 aliphatic rings. The van der Waals surface area contributed by atoms with E-state index in [9.17, 15) is 9.59 Å². The van der Waals surface area contributed by atoms with E-state index in [0.29, 0.717) is 12.8 Å². The number of piperidine rings is 1. The SMILES string of the molecule is CN1CCC2(CC1)CN(C(=O)CCC(=O)N1CCCCCC1)CCCN2C. The molecule has 0 saturated carbocycles. The smallest absolute Gasteiger partial charge is 0.223 e. The Morgan fingerprint density at radius 2 is 1.26 bits per heavy atom. The quantitative estimate of drug-likeness (QED) is 0.751. The maximum atomic E-state index is 12.9. The lowest BCUT2D eigenvalue weighted by atomic mass is 9.85. The third kappa shape index (κ3) is 5.23. The van der Waals surface area contributed by atoms with Crippen LogP contribution in [0.1, 0.15) is 57.8 Å². The van der Waals surface area contributed by atoms with E-state index in [1.165, 1.54) is 12.8 Å². The van der Waals surface area contributed by atoms with Gasteiger partial charge in [0.25, 0.3) is 0 Å². The first-order valence-corrected chi connectivity index (χ1v) is 11.0. The van der Waals surface area contributed by atoms with E-state index in [2.05, 4.69) is 28.8 Å². The Balaban J connectivity index is 1.54. The highest BCUT2D eigenvalue weighted by Gasteiger charge is 2.41. The minimum atomic E-state index is 0.119. The van der Waals surface area contributed by atoms with Crippen LogP contribution in [0.25, 0.3) is 0 Å². The number of rotatable bonds is 3. The summed E-state index contributed by atoms with van der Waals surface area (Å²) in [5, 5.41) is 0. The zero-order valence-corrected chi connectivity index (χ0v) is 17.4. The summed E-state index contributed by atoms with van der Waals surface area (Å²) in [5.41, 5.74) is 0.119. The predicted molar refractivity (Wildman–Crippen MR) is 108 cm³/mol. The van der Waals surface area contributed by atoms with Crippen molar-refractivity contribution in [3.05, 3.63) is 0 Å². The van der Waals surface area contributed by atoms with Crippen LogP contribution in [0, 0.1) is 0 Å². The van der Waals surface area contributed by atoms with Crippen molar-refractivity contribution in [1.82, 2.24) is 19.6 Å². The molecule has 0 aromatic rings. The highest BCUT2D eigenvalue weighted by atomic mass is 16.2. The Hall–Kier alpha value is -1.14. The lowest BCUT2D eigenvalue weighted by Crippen LogP contribution is -2.58. The van der Waals surface area contributed by atoms with Crippen LogP contribution in [-0.2, 0) is 9.59 Å². The second-order valence-corrected chi connectivity index (χ2v) is 8.91. The summed E-state index contributed by atoms with van der Waals surface area (Å²) in [4.78, 5) is 34.4. The Kier molecular flexibility index (Phi) is 7.15. The van der Waals surface area contributed by atoms with Gasteiger partial charge in [0, 0.05) is 51.1 Å². The first kappa shape index (κ1) is 20.6. The first-order chi connectivity index (χ1) is 13.0. The topological polar surface area (TPSA) is 47.1 Å². The molecule has 154 valence electrons. The van der Waals surface area contributed by atoms with Crippen molar-refractivity contribution in [2.24, 2.45) is 0 Å². The molecule has 0 aromatic carbocycles. The van der Waals surface area contributed by atoms with Crippen LogP contribution in [-0.4, -0.2) is 96.9 Å². The summed E-state index contributed by atoms with van der Waals surface area (Å²) in [7, 11) is 4.41. The summed E-state index contributed by atoms with van der Waals surface area (Å²) in [6.07, 6.45) is 8.68. The molecule has 0 aromatic heterocycles. The summed E-state index contributed by atoms with van der Waals surface area (Å²) < 4.78 is 0. The molecule has 3 aliphatic heterocycles. The van der Waals surface area contributed by atoms with E-state index >= 15 is 0 Å². The number of nitrogens with zero attached hydrogens (tertiary/aromatic N) is 4. The molecular weight excluding hydrogens is 340 g/mol. The van der Waals surface area contributed by atoms with Gasteiger partial charge in [-0.15, -0.1) is 0 Å². The van der Waals surface area contributed by atoms with Gasteiger partial charge >= 0.3 is 0 Å². The van der Waals surface area contributed by atoms with Crippen LogP contribution >= 0.6 is 0 Å². The maximum Gasteiger partial charge on any atom is 0.223 e. The number of carbonyl (C=O) groups excluding carboxylic acids is 2. The average molecular weight is 379 g/mol. The van der Waals surface area contributed by atoms with Gasteiger partial charge in [0.05, 0.1) is 0 Å². The molecule has 0 N–H and O–H groups in total. The molecule has 0 aliphatic carbocycles. The van der Waals surface area contributed by atoms with Gasteiger partial charge in [-0.1, -0.05) is 12.8 Å². The van der Waals surface area contributed by atoms with Gasteiger partial charge in [0.15, 0.2) is 0 Å². The molecule has 0 atom stereocenters. The largest absolute Gasteiger partial charge is 0.343 e. The normalized spacial score (nSPS) is 25.3. The van der Waals surface area contributed by atoms with Crippen molar-refractivity contribution in [3.8, 4) is 0 Å². The van der Waals surface area contributed by atoms with Gasteiger partial charge in [-0.2, -0.15) is 0 Å². The number of amides is 2. The van der Waals surface area contributed by atoms with Gasteiger partial charge in [0.1, 0.15) is 0 Å². The summed E-state index contributed by atoms with van der Waals surface area (Å²) >= 11 is 0. The van der Waals surface area contributed by atoms with E-state index in [1.54, 1.807) is 0 Å². The van der Waals surface area contributed by atoms with Crippen LogP contribution < -0.4 is 0 Å². The Morgan fingerprint density at radius 1 is 0.704 bits per heavy atom. The van der Waals surface area contributed by atoms with Crippen molar-refractivity contribution in [2.75, 3.05) is 59.9 Å². The lowest BCUT2D eigenvalue weighted by Gasteiger charge is -2.47. The number of likely N-dealkylation sites (tertiary alicyclic amines) is 2. The van der Waals surface area contributed by atoms with Gasteiger partial charge in [0.2, 0.25) is 11.8 Å². The highest BCUT2D eigenvalue weighted by Crippen LogP contribution is 2.31. The lowest BCUT2D eigenvalue weighted by molar-refractivity contribution is -0.138. The number of hydrogen-bond donors (Lipinski definition) is 0. The summed E-state index contributed by atoms with van der Waals surface area (Å²) in [5.74, 6) is 0.345. The molecule has 0 bridgehead atoms. The van der Waals surface area contributed by atoms with E-state index in [4.69, 9.17) is 0 Å². The van der Waals surface area contributed by atoms with Crippen LogP contribution in [0.2, 0.25) is 0 Å². The third-order valence-corrected chi connectivity index (χ3v) is 7.00. The molecule has 0 unspecified atom stereocenters. The molecule has 3 heterocycles. The maximum absolute atomic E-state index is 12.9. The van der Waals surface area contributed by atoms with E-state index < -0.39 is 0 Å². The van der Waals surface area contributed by atoms with Gasteiger partial charge < -0.3 is 14.7 Å². The van der Waals surface area contributed by atoms with Crippen LogP contribution in [0.3, 0.4) is 0 Å². The molecule has 3 saturated heterocycles. The number of hydrogen-bond acceptors (Lipinski definition) is 4. The molecular formula is C21H38N4O2. The molecule has 27 heavy (non-hydrogen) atoms. The first-order valence-electron chi connectivity index (χ1n) is 11.0. The molecule has 2 amide bonds. The highest BCUT2D eigenvalue weighted by molar-refractivity contribution is 5.84. The van der Waals surface area contributed by atoms with Crippen molar-refractivity contribution in [1.29, 1.82) is 0 Å². The van der Waals surface area contributed by atoms with Crippen molar-refractivity contribution in [2.45, 2.75) is 63.3 Å². The molecule has 6 heteroatoms. The molecule has 3 fully saturated rings. The van der Waals surface area contributed by atoms with Gasteiger partial charge in [-0.25, -0.2) is 0 Å². The zero-order chi connectivity index (χ0) is 19.3. The van der Waals surface area contributed by atoms with Crippen molar-refractivity contribution >= 4 is 11.8 Å². The Bertz CT molecular complexity index is 508. The van der Waals surface area contributed by atoms with Crippen LogP contribution in [0.4, 0.5) is 0 Å². The molecule has 6 nitrogen and oxygen atoms in total. The summed E-state index contributed by atoms with van der Waals surface area (Å²) in [6, 6.07) is 0. The Morgan fingerprint density at radius 3 is 1.89 bits per heavy atom. The molecule has 3 rings (SSSR count). The number of carbonyl (C=O) groups is 2. The zero-order valence-electron chi connectivity index (χ0n) is 17.4. The Labute approximate surface area is 164 Å². The molecule has 1 spiro atoms.